The number of rotatable bonds is 16. The van der Waals surface area contributed by atoms with Gasteiger partial charge < -0.3 is 20.1 Å². The Kier molecular flexibility index (Phi) is 14.3. The van der Waals surface area contributed by atoms with E-state index in [1.807, 2.05) is 27.7 Å². The lowest BCUT2D eigenvalue weighted by molar-refractivity contribution is -0.181. The summed E-state index contributed by atoms with van der Waals surface area (Å²) in [5.41, 5.74) is 0.0671. The Bertz CT molecular complexity index is 1820. The highest BCUT2D eigenvalue weighted by Gasteiger charge is 2.59. The first-order valence-corrected chi connectivity index (χ1v) is 21.4. The Labute approximate surface area is 334 Å². The third-order valence-corrected chi connectivity index (χ3v) is 13.7. The summed E-state index contributed by atoms with van der Waals surface area (Å²) in [6.45, 7) is 19.1. The first kappa shape index (κ1) is 44.9. The molecule has 12 heteroatoms. The van der Waals surface area contributed by atoms with Crippen LogP contribution in [0.1, 0.15) is 129 Å². The van der Waals surface area contributed by atoms with Gasteiger partial charge in [-0.15, -0.1) is 0 Å². The van der Waals surface area contributed by atoms with Crippen LogP contribution < -0.4 is 10.6 Å². The van der Waals surface area contributed by atoms with Gasteiger partial charge in [-0.3, -0.25) is 13.8 Å². The van der Waals surface area contributed by atoms with Crippen molar-refractivity contribution in [2.24, 2.45) is 34.0 Å². The van der Waals surface area contributed by atoms with Crippen LogP contribution in [0.5, 0.6) is 0 Å². The number of ketones is 1. The zero-order valence-electron chi connectivity index (χ0n) is 35.1. The lowest BCUT2D eigenvalue weighted by Crippen LogP contribution is -2.55. The number of ether oxygens (including phenoxy) is 2. The van der Waals surface area contributed by atoms with Crippen LogP contribution in [0, 0.1) is 40.9 Å². The number of hydrogen-bond donors (Lipinski definition) is 2. The monoisotopic (exact) mass is 796 g/mol. The van der Waals surface area contributed by atoms with Crippen molar-refractivity contribution in [2.75, 3.05) is 13.2 Å². The van der Waals surface area contributed by atoms with Crippen molar-refractivity contribution in [1.29, 1.82) is 0 Å². The quantitative estimate of drug-likeness (QED) is 0.126. The molecule has 2 amide bonds. The number of alkyl carbamates (subject to hydrolysis) is 1. The normalized spacial score (nSPS) is 24.1. The van der Waals surface area contributed by atoms with E-state index >= 15 is 0 Å². The Morgan fingerprint density at radius 3 is 2.16 bits per heavy atom. The van der Waals surface area contributed by atoms with E-state index in [2.05, 4.69) is 31.4 Å². The maximum Gasteiger partial charge on any atom is 0.407 e. The van der Waals surface area contributed by atoms with Crippen molar-refractivity contribution >= 4 is 33.9 Å². The summed E-state index contributed by atoms with van der Waals surface area (Å²) in [6.07, 6.45) is 4.40. The summed E-state index contributed by atoms with van der Waals surface area (Å²) >= 11 is 0. The molecule has 310 valence electrons. The van der Waals surface area contributed by atoms with Gasteiger partial charge in [-0.1, -0.05) is 77.8 Å². The smallest absolute Gasteiger partial charge is 0.407 e. The van der Waals surface area contributed by atoms with Crippen LogP contribution in [-0.2, 0) is 39.9 Å². The first-order valence-electron chi connectivity index (χ1n) is 20.0. The van der Waals surface area contributed by atoms with Crippen molar-refractivity contribution in [1.82, 2.24) is 10.6 Å². The molecule has 11 nitrogen and oxygen atoms in total. The molecule has 0 heterocycles. The van der Waals surface area contributed by atoms with E-state index in [-0.39, 0.29) is 59.3 Å². The van der Waals surface area contributed by atoms with E-state index in [1.54, 1.807) is 57.2 Å². The molecule has 2 aromatic carbocycles. The Morgan fingerprint density at radius 2 is 1.55 bits per heavy atom. The molecule has 1 unspecified atom stereocenters. The topological polar surface area (TPSA) is 154 Å². The minimum absolute atomic E-state index is 0.00548. The van der Waals surface area contributed by atoms with Gasteiger partial charge >= 0.3 is 12.1 Å². The fraction of sp³-hybridized carbons (Fsp3) is 0.636. The molecule has 0 spiro atoms. The molecule has 0 saturated heterocycles. The third-order valence-electron chi connectivity index (χ3n) is 12.4. The van der Waals surface area contributed by atoms with Crippen LogP contribution in [0.3, 0.4) is 0 Å². The molecule has 0 aliphatic heterocycles. The van der Waals surface area contributed by atoms with Crippen LogP contribution in [0.15, 0.2) is 53.4 Å². The molecule has 6 atom stereocenters. The third kappa shape index (κ3) is 11.0. The highest BCUT2D eigenvalue weighted by molar-refractivity contribution is 7.86. The van der Waals surface area contributed by atoms with E-state index in [4.69, 9.17) is 13.7 Å². The first-order chi connectivity index (χ1) is 26.0. The van der Waals surface area contributed by atoms with E-state index in [0.717, 1.165) is 43.2 Å². The van der Waals surface area contributed by atoms with Crippen molar-refractivity contribution < 1.29 is 41.3 Å². The number of hydrogen-bond acceptors (Lipinski definition) is 9. The largest absolute Gasteiger partial charge is 0.460 e. The fourth-order valence-electron chi connectivity index (χ4n) is 9.06. The van der Waals surface area contributed by atoms with Gasteiger partial charge in [0.05, 0.1) is 4.90 Å². The van der Waals surface area contributed by atoms with Crippen molar-refractivity contribution in [3.8, 4) is 0 Å². The number of fused-ring (bicyclic) bond motifs is 1. The van der Waals surface area contributed by atoms with Gasteiger partial charge in [0.25, 0.3) is 16.0 Å². The number of esters is 1. The van der Waals surface area contributed by atoms with Gasteiger partial charge in [0, 0.05) is 35.4 Å². The van der Waals surface area contributed by atoms with Crippen LogP contribution in [0.25, 0.3) is 0 Å². The molecule has 2 fully saturated rings. The van der Waals surface area contributed by atoms with E-state index in [9.17, 15) is 27.6 Å². The van der Waals surface area contributed by atoms with Crippen molar-refractivity contribution in [3.05, 3.63) is 65.2 Å². The zero-order valence-corrected chi connectivity index (χ0v) is 35.9. The Morgan fingerprint density at radius 1 is 0.911 bits per heavy atom. The van der Waals surface area contributed by atoms with Gasteiger partial charge in [0.1, 0.15) is 17.5 Å². The van der Waals surface area contributed by atoms with Gasteiger partial charge in [0.2, 0.25) is 0 Å². The number of aryl methyl sites for hydroxylation is 1. The molecule has 2 N–H and O–H groups in total. The van der Waals surface area contributed by atoms with Gasteiger partial charge in [-0.05, 0) is 113 Å². The minimum Gasteiger partial charge on any atom is -0.460 e. The SMILES string of the molecule is Cc1ccc(S(=O)(=O)OCC(=O)O[C@H](C[C@](C)(CCNC(=O)c2ccc(CNC(=O)OC(C)(C)C)cc2)C(=O)C(C)C)[C@@]2(C)C3CCC[C@]3(C)CC[C@H]2C)cc1. The van der Waals surface area contributed by atoms with E-state index < -0.39 is 51.3 Å². The lowest BCUT2D eigenvalue weighted by atomic mass is 9.50. The maximum atomic E-state index is 14.2. The summed E-state index contributed by atoms with van der Waals surface area (Å²) in [5.74, 6) is -1.05. The van der Waals surface area contributed by atoms with Crippen molar-refractivity contribution in [3.63, 3.8) is 0 Å². The molecular formula is C44H64N2O9S. The number of Topliss-reactive ketones (excluding diaryl/α,β-unsaturated/α-hetero) is 1. The van der Waals surface area contributed by atoms with Crippen LogP contribution in [0.4, 0.5) is 4.79 Å². The molecule has 2 saturated carbocycles. The predicted molar refractivity (Wildman–Crippen MR) is 215 cm³/mol. The zero-order chi connectivity index (χ0) is 41.7. The number of benzene rings is 2. The maximum absolute atomic E-state index is 14.2. The molecule has 0 radical (unpaired) electrons. The minimum atomic E-state index is -4.22. The Hall–Kier alpha value is -3.77. The summed E-state index contributed by atoms with van der Waals surface area (Å²) in [4.78, 5) is 53.1. The molecule has 2 aliphatic rings. The van der Waals surface area contributed by atoms with Crippen molar-refractivity contribution in [2.45, 2.75) is 137 Å². The average molecular weight is 797 g/mol. The second-order valence-corrected chi connectivity index (χ2v) is 19.9. The number of carbonyl (C=O) groups is 4. The highest BCUT2D eigenvalue weighted by atomic mass is 32.2. The summed E-state index contributed by atoms with van der Waals surface area (Å²) in [5, 5.41) is 5.69. The fourth-order valence-corrected chi connectivity index (χ4v) is 9.92. The number of nitrogens with one attached hydrogen (secondary N) is 2. The lowest BCUT2D eigenvalue weighted by Gasteiger charge is -2.56. The van der Waals surface area contributed by atoms with Crippen LogP contribution in [-0.4, -0.2) is 57.0 Å². The molecule has 56 heavy (non-hydrogen) atoms. The van der Waals surface area contributed by atoms with E-state index in [0.29, 0.717) is 12.0 Å². The molecule has 2 aromatic rings. The number of amides is 2. The Balaban J connectivity index is 1.52. The number of carbonyl (C=O) groups excluding carboxylic acids is 4. The second kappa shape index (κ2) is 17.8. The summed E-state index contributed by atoms with van der Waals surface area (Å²) in [7, 11) is -4.22. The van der Waals surface area contributed by atoms with Gasteiger partial charge in [-0.25, -0.2) is 9.59 Å². The highest BCUT2D eigenvalue weighted by Crippen LogP contribution is 2.64. The summed E-state index contributed by atoms with van der Waals surface area (Å²) < 4.78 is 42.9. The van der Waals surface area contributed by atoms with E-state index in [1.165, 1.54) is 12.1 Å². The average Bonchev–Trinajstić information content (AvgIpc) is 3.53. The van der Waals surface area contributed by atoms with Gasteiger partial charge in [0.15, 0.2) is 6.61 Å². The molecular weight excluding hydrogens is 733 g/mol. The molecule has 2 aliphatic carbocycles. The summed E-state index contributed by atoms with van der Waals surface area (Å²) in [6, 6.07) is 13.1. The predicted octanol–water partition coefficient (Wildman–Crippen LogP) is 8.32. The van der Waals surface area contributed by atoms with Crippen LogP contribution in [0.2, 0.25) is 0 Å². The van der Waals surface area contributed by atoms with Gasteiger partial charge in [-0.2, -0.15) is 8.42 Å². The molecule has 0 aromatic heterocycles. The standard InChI is InChI=1S/C44H64N2O9S/c1-29(2)38(48)43(9,24-25-45-39(49)33-17-15-32(16-18-33)27-46-40(50)55-41(5,6)7)26-36(44(10)31(4)21-23-42(8)22-11-12-35(42)44)54-37(47)28-53-56(51,52)34-19-13-30(3)14-20-34/h13-20,29,31,35-36H,11-12,21-28H2,1-10H3,(H,45,49)(H,46,50)/t31-,35?,36-,42-,43+,44-/m1/s1. The molecule has 0 bridgehead atoms. The second-order valence-electron chi connectivity index (χ2n) is 18.3. The molecule has 4 rings (SSSR count). The van der Waals surface area contributed by atoms with Crippen LogP contribution >= 0.6 is 0 Å².